The molecule has 1 aromatic heterocycles. The van der Waals surface area contributed by atoms with Gasteiger partial charge in [0, 0.05) is 29.9 Å². The van der Waals surface area contributed by atoms with E-state index in [-0.39, 0.29) is 5.78 Å². The summed E-state index contributed by atoms with van der Waals surface area (Å²) in [5.74, 6) is 0.910. The lowest BCUT2D eigenvalue weighted by Gasteiger charge is -2.32. The Kier molecular flexibility index (Phi) is 5.59. The first-order valence-electron chi connectivity index (χ1n) is 8.72. The topological polar surface area (TPSA) is 43.6 Å². The Morgan fingerprint density at radius 2 is 2.08 bits per heavy atom. The van der Waals surface area contributed by atoms with E-state index in [0.29, 0.717) is 12.6 Å². The number of ether oxygens (including phenoxy) is 1. The van der Waals surface area contributed by atoms with Crippen molar-refractivity contribution in [2.24, 2.45) is 0 Å². The molecule has 1 aromatic carbocycles. The van der Waals surface area contributed by atoms with E-state index in [4.69, 9.17) is 4.74 Å². The van der Waals surface area contributed by atoms with Gasteiger partial charge in [-0.1, -0.05) is 6.07 Å². The van der Waals surface area contributed by atoms with Crippen LogP contribution in [0, 0.1) is 0 Å². The van der Waals surface area contributed by atoms with E-state index in [9.17, 15) is 4.79 Å². The van der Waals surface area contributed by atoms with Crippen molar-refractivity contribution in [2.45, 2.75) is 32.2 Å². The highest BCUT2D eigenvalue weighted by atomic mass is 16.5. The highest BCUT2D eigenvalue weighted by Crippen LogP contribution is 2.18. The molecule has 0 spiro atoms. The number of hydrogen-bond acceptors (Lipinski definition) is 3. The van der Waals surface area contributed by atoms with Crippen LogP contribution in [0.2, 0.25) is 0 Å². The van der Waals surface area contributed by atoms with Gasteiger partial charge in [0.15, 0.2) is 5.78 Å². The molecule has 1 saturated heterocycles. The van der Waals surface area contributed by atoms with Gasteiger partial charge in [-0.2, -0.15) is 0 Å². The lowest BCUT2D eigenvalue weighted by atomic mass is 9.96. The van der Waals surface area contributed by atoms with Crippen molar-refractivity contribution < 1.29 is 14.4 Å². The van der Waals surface area contributed by atoms with E-state index in [2.05, 4.69) is 11.1 Å². The van der Waals surface area contributed by atoms with Crippen LogP contribution in [0.4, 0.5) is 0 Å². The van der Waals surface area contributed by atoms with Gasteiger partial charge in [0.25, 0.3) is 0 Å². The van der Waals surface area contributed by atoms with Gasteiger partial charge in [-0.25, -0.2) is 0 Å². The lowest BCUT2D eigenvalue weighted by Crippen LogP contribution is -3.13. The number of pyridine rings is 1. The average Bonchev–Trinajstić information content (AvgIpc) is 2.63. The van der Waals surface area contributed by atoms with Crippen LogP contribution in [0.5, 0.6) is 5.75 Å². The van der Waals surface area contributed by atoms with Gasteiger partial charge in [-0.15, -0.1) is 0 Å². The van der Waals surface area contributed by atoms with E-state index >= 15 is 0 Å². The van der Waals surface area contributed by atoms with Crippen LogP contribution in [0.25, 0.3) is 0 Å². The van der Waals surface area contributed by atoms with Crippen molar-refractivity contribution in [1.29, 1.82) is 0 Å². The molecule has 0 amide bonds. The SMILES string of the molecule is CC(=O)c1ccc(OCC[NH+]2CCCC[C@@H]2c2cccnc2)cc1. The predicted octanol–water partition coefficient (Wildman–Crippen LogP) is 2.47. The van der Waals surface area contributed by atoms with Gasteiger partial charge in [0.2, 0.25) is 0 Å². The zero-order valence-electron chi connectivity index (χ0n) is 14.2. The normalized spacial score (nSPS) is 20.5. The summed E-state index contributed by atoms with van der Waals surface area (Å²) < 4.78 is 5.88. The second-order valence-electron chi connectivity index (χ2n) is 6.42. The molecule has 1 aliphatic rings. The van der Waals surface area contributed by atoms with E-state index in [1.165, 1.54) is 31.4 Å². The first kappa shape index (κ1) is 16.7. The van der Waals surface area contributed by atoms with Gasteiger partial charge in [-0.3, -0.25) is 9.78 Å². The minimum Gasteiger partial charge on any atom is -0.488 e. The van der Waals surface area contributed by atoms with Crippen molar-refractivity contribution in [3.05, 3.63) is 59.9 Å². The Balaban J connectivity index is 1.55. The van der Waals surface area contributed by atoms with Crippen LogP contribution in [0.15, 0.2) is 48.8 Å². The van der Waals surface area contributed by atoms with Crippen molar-refractivity contribution in [2.75, 3.05) is 19.7 Å². The fourth-order valence-corrected chi connectivity index (χ4v) is 3.45. The molecule has 2 heterocycles. The van der Waals surface area contributed by atoms with Gasteiger partial charge < -0.3 is 9.64 Å². The van der Waals surface area contributed by atoms with E-state index in [1.54, 1.807) is 11.8 Å². The molecule has 4 nitrogen and oxygen atoms in total. The van der Waals surface area contributed by atoms with Crippen LogP contribution in [0.3, 0.4) is 0 Å². The number of piperidine rings is 1. The van der Waals surface area contributed by atoms with Gasteiger partial charge in [0.05, 0.1) is 6.54 Å². The van der Waals surface area contributed by atoms with E-state index in [0.717, 1.165) is 17.9 Å². The first-order valence-corrected chi connectivity index (χ1v) is 8.72. The van der Waals surface area contributed by atoms with Crippen LogP contribution in [0.1, 0.15) is 48.1 Å². The minimum absolute atomic E-state index is 0.0821. The Morgan fingerprint density at radius 1 is 1.25 bits per heavy atom. The van der Waals surface area contributed by atoms with Crippen molar-refractivity contribution in [3.63, 3.8) is 0 Å². The molecule has 2 aromatic rings. The molecule has 1 N–H and O–H groups in total. The average molecular weight is 325 g/mol. The maximum Gasteiger partial charge on any atom is 0.159 e. The van der Waals surface area contributed by atoms with Crippen molar-refractivity contribution in [3.8, 4) is 5.75 Å². The molecule has 2 atom stereocenters. The Labute approximate surface area is 143 Å². The third-order valence-corrected chi connectivity index (χ3v) is 4.77. The molecule has 0 bridgehead atoms. The number of rotatable bonds is 6. The molecular weight excluding hydrogens is 300 g/mol. The smallest absolute Gasteiger partial charge is 0.159 e. The highest BCUT2D eigenvalue weighted by Gasteiger charge is 2.27. The number of likely N-dealkylation sites (tertiary alicyclic amines) is 1. The van der Waals surface area contributed by atoms with Gasteiger partial charge >= 0.3 is 0 Å². The molecular formula is C20H25N2O2+. The number of nitrogens with one attached hydrogen (secondary N) is 1. The second-order valence-corrected chi connectivity index (χ2v) is 6.42. The first-order chi connectivity index (χ1) is 11.7. The van der Waals surface area contributed by atoms with E-state index < -0.39 is 0 Å². The largest absolute Gasteiger partial charge is 0.488 e. The van der Waals surface area contributed by atoms with Crippen molar-refractivity contribution in [1.82, 2.24) is 4.98 Å². The zero-order chi connectivity index (χ0) is 16.8. The number of ketones is 1. The number of aromatic nitrogens is 1. The van der Waals surface area contributed by atoms with Gasteiger partial charge in [0.1, 0.15) is 24.9 Å². The third kappa shape index (κ3) is 4.20. The van der Waals surface area contributed by atoms with Crippen LogP contribution < -0.4 is 9.64 Å². The van der Waals surface area contributed by atoms with Crippen LogP contribution >= 0.6 is 0 Å². The number of quaternary nitrogens is 1. The number of carbonyl (C=O) groups excluding carboxylic acids is 1. The predicted molar refractivity (Wildman–Crippen MR) is 93.5 cm³/mol. The summed E-state index contributed by atoms with van der Waals surface area (Å²) in [5.41, 5.74) is 2.05. The maximum absolute atomic E-state index is 11.3. The molecule has 1 unspecified atom stereocenters. The third-order valence-electron chi connectivity index (χ3n) is 4.77. The zero-order valence-corrected chi connectivity index (χ0v) is 14.2. The molecule has 0 aliphatic carbocycles. The summed E-state index contributed by atoms with van der Waals surface area (Å²) in [4.78, 5) is 17.1. The Bertz CT molecular complexity index is 655. The number of hydrogen-bond donors (Lipinski definition) is 1. The quantitative estimate of drug-likeness (QED) is 0.830. The summed E-state index contributed by atoms with van der Waals surface area (Å²) >= 11 is 0. The molecule has 4 heteroatoms. The lowest BCUT2D eigenvalue weighted by molar-refractivity contribution is -0.937. The maximum atomic E-state index is 11.3. The molecule has 0 radical (unpaired) electrons. The monoisotopic (exact) mass is 325 g/mol. The summed E-state index contributed by atoms with van der Waals surface area (Å²) in [5, 5.41) is 0. The molecule has 3 rings (SSSR count). The fourth-order valence-electron chi connectivity index (χ4n) is 3.45. The molecule has 0 saturated carbocycles. The summed E-state index contributed by atoms with van der Waals surface area (Å²) in [6.07, 6.45) is 7.61. The number of carbonyl (C=O) groups is 1. The molecule has 126 valence electrons. The summed E-state index contributed by atoms with van der Waals surface area (Å²) in [6, 6.07) is 12.1. The second kappa shape index (κ2) is 8.06. The molecule has 24 heavy (non-hydrogen) atoms. The van der Waals surface area contributed by atoms with Crippen molar-refractivity contribution >= 4 is 5.78 Å². The van der Waals surface area contributed by atoms with Crippen LogP contribution in [-0.4, -0.2) is 30.5 Å². The number of benzene rings is 1. The molecule has 1 aliphatic heterocycles. The Hall–Kier alpha value is -2.20. The van der Waals surface area contributed by atoms with Crippen LogP contribution in [-0.2, 0) is 0 Å². The van der Waals surface area contributed by atoms with Gasteiger partial charge in [-0.05, 0) is 50.1 Å². The minimum atomic E-state index is 0.0821. The Morgan fingerprint density at radius 3 is 2.79 bits per heavy atom. The number of nitrogens with zero attached hydrogens (tertiary/aromatic N) is 1. The van der Waals surface area contributed by atoms with E-state index in [1.807, 2.05) is 42.7 Å². The summed E-state index contributed by atoms with van der Waals surface area (Å²) in [6.45, 7) is 4.43. The highest BCUT2D eigenvalue weighted by molar-refractivity contribution is 5.94. The standard InChI is InChI=1S/C20H24N2O2/c1-16(23)17-7-9-19(10-8-17)24-14-13-22-12-3-2-6-20(22)18-5-4-11-21-15-18/h4-5,7-11,15,20H,2-3,6,12-14H2,1H3/p+1/t20-/m1/s1. The fraction of sp³-hybridized carbons (Fsp3) is 0.400. The molecule has 1 fully saturated rings. The number of Topliss-reactive ketones (excluding diaryl/α,β-unsaturated/α-hetero) is 1. The summed E-state index contributed by atoms with van der Waals surface area (Å²) in [7, 11) is 0.